The molecule has 1 heterocycles. The average molecular weight is 400 g/mol. The van der Waals surface area contributed by atoms with Crippen molar-refractivity contribution in [1.29, 1.82) is 0 Å². The zero-order chi connectivity index (χ0) is 20.6. The predicted octanol–water partition coefficient (Wildman–Crippen LogP) is 3.66. The van der Waals surface area contributed by atoms with Crippen molar-refractivity contribution in [2.75, 3.05) is 19.6 Å². The molecule has 29 heavy (non-hydrogen) atoms. The van der Waals surface area contributed by atoms with Crippen LogP contribution in [0.5, 0.6) is 0 Å². The van der Waals surface area contributed by atoms with Crippen molar-refractivity contribution in [3.8, 4) is 0 Å². The summed E-state index contributed by atoms with van der Waals surface area (Å²) in [5, 5.41) is 6.21. The molecule has 160 valence electrons. The number of hydrogen-bond donors (Lipinski definition) is 2. The summed E-state index contributed by atoms with van der Waals surface area (Å²) in [4.78, 5) is 28.2. The van der Waals surface area contributed by atoms with Crippen molar-refractivity contribution in [1.82, 2.24) is 15.5 Å². The molecule has 1 aromatic carbocycles. The second-order valence-electron chi connectivity index (χ2n) is 8.98. The van der Waals surface area contributed by atoms with E-state index in [1.165, 1.54) is 24.8 Å². The number of amides is 2. The largest absolute Gasteiger partial charge is 0.352 e. The summed E-state index contributed by atoms with van der Waals surface area (Å²) >= 11 is 0. The van der Waals surface area contributed by atoms with Crippen molar-refractivity contribution in [3.05, 3.63) is 35.9 Å². The van der Waals surface area contributed by atoms with Gasteiger partial charge in [0.25, 0.3) is 0 Å². The Morgan fingerprint density at radius 1 is 1.00 bits per heavy atom. The number of benzene rings is 1. The quantitative estimate of drug-likeness (QED) is 0.701. The number of nitrogens with one attached hydrogen (secondary N) is 2. The van der Waals surface area contributed by atoms with Crippen molar-refractivity contribution in [2.45, 2.75) is 70.9 Å². The summed E-state index contributed by atoms with van der Waals surface area (Å²) in [5.74, 6) is 0.117. The third kappa shape index (κ3) is 6.05. The van der Waals surface area contributed by atoms with E-state index in [9.17, 15) is 9.59 Å². The maximum Gasteiger partial charge on any atom is 0.242 e. The number of carbonyl (C=O) groups excluding carboxylic acids is 2. The van der Waals surface area contributed by atoms with Gasteiger partial charge in [0.05, 0.1) is 6.04 Å². The van der Waals surface area contributed by atoms with E-state index in [1.54, 1.807) is 0 Å². The number of carbonyl (C=O) groups is 2. The monoisotopic (exact) mass is 399 g/mol. The second kappa shape index (κ2) is 10.8. The van der Waals surface area contributed by atoms with Crippen LogP contribution in [0.25, 0.3) is 0 Å². The molecule has 0 aromatic heterocycles. The average Bonchev–Trinajstić information content (AvgIpc) is 3.27. The Bertz CT molecular complexity index is 649. The van der Waals surface area contributed by atoms with Gasteiger partial charge >= 0.3 is 0 Å². The van der Waals surface area contributed by atoms with Crippen LogP contribution in [-0.4, -0.2) is 42.4 Å². The molecular weight excluding hydrogens is 362 g/mol. The minimum atomic E-state index is -0.473. The smallest absolute Gasteiger partial charge is 0.242 e. The van der Waals surface area contributed by atoms with Crippen molar-refractivity contribution >= 4 is 11.8 Å². The summed E-state index contributed by atoms with van der Waals surface area (Å²) in [6, 6.07) is 10.1. The predicted molar refractivity (Wildman–Crippen MR) is 116 cm³/mol. The van der Waals surface area contributed by atoms with Crippen LogP contribution in [-0.2, 0) is 9.59 Å². The van der Waals surface area contributed by atoms with Crippen LogP contribution >= 0.6 is 0 Å². The summed E-state index contributed by atoms with van der Waals surface area (Å²) < 4.78 is 0. The zero-order valence-corrected chi connectivity index (χ0v) is 18.0. The lowest BCUT2D eigenvalue weighted by Gasteiger charge is -2.30. The Morgan fingerprint density at radius 2 is 1.66 bits per heavy atom. The molecule has 0 spiro atoms. The van der Waals surface area contributed by atoms with Crippen LogP contribution in [0.3, 0.4) is 0 Å². The third-order valence-electron chi connectivity index (χ3n) is 6.46. The van der Waals surface area contributed by atoms with Gasteiger partial charge in [-0.25, -0.2) is 0 Å². The van der Waals surface area contributed by atoms with Gasteiger partial charge < -0.3 is 10.6 Å². The number of likely N-dealkylation sites (tertiary alicyclic amines) is 1. The Hall–Kier alpha value is -1.88. The molecule has 0 radical (unpaired) electrons. The molecule has 2 amide bonds. The van der Waals surface area contributed by atoms with E-state index in [4.69, 9.17) is 0 Å². The lowest BCUT2D eigenvalue weighted by atomic mass is 9.88. The third-order valence-corrected chi connectivity index (χ3v) is 6.46. The van der Waals surface area contributed by atoms with Crippen molar-refractivity contribution in [2.24, 2.45) is 11.8 Å². The highest BCUT2D eigenvalue weighted by molar-refractivity contribution is 5.88. The molecule has 1 aliphatic heterocycles. The molecule has 1 aromatic rings. The molecule has 2 aliphatic rings. The van der Waals surface area contributed by atoms with E-state index >= 15 is 0 Å². The maximum atomic E-state index is 13.0. The topological polar surface area (TPSA) is 61.4 Å². The Morgan fingerprint density at radius 3 is 2.28 bits per heavy atom. The summed E-state index contributed by atoms with van der Waals surface area (Å²) in [7, 11) is 0. The Balaban J connectivity index is 1.61. The van der Waals surface area contributed by atoms with Crippen LogP contribution in [0.15, 0.2) is 30.3 Å². The van der Waals surface area contributed by atoms with Gasteiger partial charge in [-0.05, 0) is 50.3 Å². The van der Waals surface area contributed by atoms with E-state index in [0.717, 1.165) is 38.8 Å². The Kier molecular flexibility index (Phi) is 8.10. The fourth-order valence-corrected chi connectivity index (χ4v) is 4.66. The van der Waals surface area contributed by atoms with Crippen LogP contribution in [0.2, 0.25) is 0 Å². The minimum Gasteiger partial charge on any atom is -0.352 e. The highest BCUT2D eigenvalue weighted by Gasteiger charge is 2.30. The van der Waals surface area contributed by atoms with Crippen LogP contribution in [0.4, 0.5) is 0 Å². The van der Waals surface area contributed by atoms with Gasteiger partial charge in [-0.15, -0.1) is 0 Å². The van der Waals surface area contributed by atoms with Gasteiger partial charge in [0, 0.05) is 12.5 Å². The van der Waals surface area contributed by atoms with Gasteiger partial charge in [-0.2, -0.15) is 0 Å². The SMILES string of the molecule is CC(C)C(NC(=O)C1CCCCC1)C(=O)NCC(c1ccccc1)N1CCCC1. The highest BCUT2D eigenvalue weighted by atomic mass is 16.2. The first-order chi connectivity index (χ1) is 14.1. The molecule has 3 rings (SSSR count). The van der Waals surface area contributed by atoms with Gasteiger partial charge in [0.2, 0.25) is 11.8 Å². The first kappa shape index (κ1) is 21.8. The molecular formula is C24H37N3O2. The number of rotatable bonds is 8. The number of nitrogens with zero attached hydrogens (tertiary/aromatic N) is 1. The van der Waals surface area contributed by atoms with Crippen molar-refractivity contribution < 1.29 is 9.59 Å². The molecule has 2 atom stereocenters. The van der Waals surface area contributed by atoms with E-state index in [2.05, 4.69) is 39.8 Å². The fourth-order valence-electron chi connectivity index (χ4n) is 4.66. The fraction of sp³-hybridized carbons (Fsp3) is 0.667. The minimum absolute atomic E-state index is 0.0534. The summed E-state index contributed by atoms with van der Waals surface area (Å²) in [5.41, 5.74) is 1.24. The molecule has 2 fully saturated rings. The van der Waals surface area contributed by atoms with E-state index < -0.39 is 6.04 Å². The molecule has 5 heteroatoms. The summed E-state index contributed by atoms with van der Waals surface area (Å²) in [6.07, 6.45) is 7.77. The van der Waals surface area contributed by atoms with Gasteiger partial charge in [-0.3, -0.25) is 14.5 Å². The lowest BCUT2D eigenvalue weighted by molar-refractivity contribution is -0.132. The Labute approximate surface area is 175 Å². The molecule has 1 saturated carbocycles. The van der Waals surface area contributed by atoms with E-state index in [-0.39, 0.29) is 29.7 Å². The zero-order valence-electron chi connectivity index (χ0n) is 18.0. The van der Waals surface area contributed by atoms with Gasteiger partial charge in [0.15, 0.2) is 0 Å². The lowest BCUT2D eigenvalue weighted by Crippen LogP contribution is -2.52. The first-order valence-electron chi connectivity index (χ1n) is 11.4. The van der Waals surface area contributed by atoms with Crippen LogP contribution in [0.1, 0.15) is 70.4 Å². The molecule has 0 bridgehead atoms. The highest BCUT2D eigenvalue weighted by Crippen LogP contribution is 2.25. The normalized spacial score (nSPS) is 20.4. The molecule has 1 saturated heterocycles. The molecule has 1 aliphatic carbocycles. The second-order valence-corrected chi connectivity index (χ2v) is 8.98. The molecule has 5 nitrogen and oxygen atoms in total. The van der Waals surface area contributed by atoms with Gasteiger partial charge in [-0.1, -0.05) is 63.4 Å². The summed E-state index contributed by atoms with van der Waals surface area (Å²) in [6.45, 7) is 6.72. The van der Waals surface area contributed by atoms with E-state index in [0.29, 0.717) is 6.54 Å². The van der Waals surface area contributed by atoms with Crippen molar-refractivity contribution in [3.63, 3.8) is 0 Å². The van der Waals surface area contributed by atoms with Crippen LogP contribution < -0.4 is 10.6 Å². The molecule has 2 N–H and O–H groups in total. The first-order valence-corrected chi connectivity index (χ1v) is 11.4. The van der Waals surface area contributed by atoms with Gasteiger partial charge in [0.1, 0.15) is 6.04 Å². The standard InChI is InChI=1S/C24H37N3O2/c1-18(2)22(26-23(28)20-13-7-4-8-14-20)24(29)25-17-21(27-15-9-10-16-27)19-11-5-3-6-12-19/h3,5-6,11-12,18,20-22H,4,7-10,13-17H2,1-2H3,(H,25,29)(H,26,28). The van der Waals surface area contributed by atoms with Crippen LogP contribution in [0, 0.1) is 11.8 Å². The molecule has 2 unspecified atom stereocenters. The van der Waals surface area contributed by atoms with E-state index in [1.807, 2.05) is 19.9 Å². The number of hydrogen-bond acceptors (Lipinski definition) is 3. The maximum absolute atomic E-state index is 13.0.